The fraction of sp³-hybridized carbons (Fsp3) is 0.500. The Hall–Kier alpha value is -1.33. The van der Waals surface area contributed by atoms with Crippen LogP contribution in [0.15, 0.2) is 18.6 Å². The average molecular weight is 268 g/mol. The average Bonchev–Trinajstić information content (AvgIpc) is 2.87. The van der Waals surface area contributed by atoms with Crippen LogP contribution in [0.2, 0.25) is 5.02 Å². The van der Waals surface area contributed by atoms with Crippen LogP contribution in [-0.4, -0.2) is 25.6 Å². The van der Waals surface area contributed by atoms with Crippen LogP contribution in [0.3, 0.4) is 0 Å². The monoisotopic (exact) mass is 267 g/mol. The summed E-state index contributed by atoms with van der Waals surface area (Å²) in [5.41, 5.74) is 8.07. The van der Waals surface area contributed by atoms with E-state index < -0.39 is 0 Å². The number of hydrogen-bond acceptors (Lipinski definition) is 3. The number of aryl methyl sites for hydroxylation is 2. The normalized spacial score (nSPS) is 14.7. The topological polar surface area (TPSA) is 61.7 Å². The van der Waals surface area contributed by atoms with Gasteiger partial charge in [0.1, 0.15) is 0 Å². The molecule has 2 heterocycles. The second kappa shape index (κ2) is 5.12. The summed E-state index contributed by atoms with van der Waals surface area (Å²) >= 11 is 6.07. The van der Waals surface area contributed by atoms with Gasteiger partial charge in [-0.3, -0.25) is 9.36 Å². The molecule has 5 nitrogen and oxygen atoms in total. The molecule has 0 saturated heterocycles. The molecule has 0 fully saturated rings. The zero-order chi connectivity index (χ0) is 13.3. The molecule has 0 saturated carbocycles. The Morgan fingerprint density at radius 2 is 2.17 bits per heavy atom. The maximum absolute atomic E-state index is 6.21. The molecule has 2 N–H and O–H groups in total. The summed E-state index contributed by atoms with van der Waals surface area (Å²) in [6.45, 7) is 3.95. The van der Waals surface area contributed by atoms with Crippen molar-refractivity contribution in [3.05, 3.63) is 34.9 Å². The van der Waals surface area contributed by atoms with Crippen molar-refractivity contribution >= 4 is 11.6 Å². The molecule has 0 spiro atoms. The van der Waals surface area contributed by atoms with Crippen molar-refractivity contribution in [2.75, 3.05) is 0 Å². The highest BCUT2D eigenvalue weighted by Crippen LogP contribution is 2.24. The molecule has 2 atom stereocenters. The molecule has 18 heavy (non-hydrogen) atoms. The standard InChI is InChI=1S/C12H18ClN5/c1-4-11(14)12(9-5-15-17(3)6-9)18-7-10(13)8(2)16-18/h5-7,11-12H,4,14H2,1-3H3. The summed E-state index contributed by atoms with van der Waals surface area (Å²) < 4.78 is 3.60. The van der Waals surface area contributed by atoms with Crippen molar-refractivity contribution in [3.8, 4) is 0 Å². The highest BCUT2D eigenvalue weighted by molar-refractivity contribution is 6.31. The van der Waals surface area contributed by atoms with E-state index in [4.69, 9.17) is 17.3 Å². The van der Waals surface area contributed by atoms with Crippen LogP contribution in [0.25, 0.3) is 0 Å². The highest BCUT2D eigenvalue weighted by Gasteiger charge is 2.23. The van der Waals surface area contributed by atoms with Crippen LogP contribution in [0.1, 0.15) is 30.6 Å². The quantitative estimate of drug-likeness (QED) is 0.920. The zero-order valence-electron chi connectivity index (χ0n) is 10.8. The molecule has 0 radical (unpaired) electrons. The Kier molecular flexibility index (Phi) is 3.73. The van der Waals surface area contributed by atoms with Crippen LogP contribution in [0, 0.1) is 6.92 Å². The van der Waals surface area contributed by atoms with Gasteiger partial charge in [0.25, 0.3) is 0 Å². The smallest absolute Gasteiger partial charge is 0.0950 e. The first-order valence-electron chi connectivity index (χ1n) is 5.98. The predicted molar refractivity (Wildman–Crippen MR) is 71.6 cm³/mol. The minimum Gasteiger partial charge on any atom is -0.326 e. The molecule has 0 amide bonds. The lowest BCUT2D eigenvalue weighted by molar-refractivity contribution is 0.422. The molecule has 2 aromatic rings. The van der Waals surface area contributed by atoms with E-state index >= 15 is 0 Å². The summed E-state index contributed by atoms with van der Waals surface area (Å²) in [6.07, 6.45) is 6.47. The van der Waals surface area contributed by atoms with Crippen molar-refractivity contribution in [1.29, 1.82) is 0 Å². The number of hydrogen-bond donors (Lipinski definition) is 1. The van der Waals surface area contributed by atoms with Crippen LogP contribution in [0.4, 0.5) is 0 Å². The Morgan fingerprint density at radius 1 is 1.44 bits per heavy atom. The lowest BCUT2D eigenvalue weighted by atomic mass is 10.0. The zero-order valence-corrected chi connectivity index (χ0v) is 11.6. The summed E-state index contributed by atoms with van der Waals surface area (Å²) in [7, 11) is 1.89. The fourth-order valence-electron chi connectivity index (χ4n) is 2.01. The first-order valence-corrected chi connectivity index (χ1v) is 6.36. The molecule has 2 rings (SSSR count). The van der Waals surface area contributed by atoms with Crippen LogP contribution >= 0.6 is 11.6 Å². The van der Waals surface area contributed by atoms with Gasteiger partial charge in [0.05, 0.1) is 23.0 Å². The third kappa shape index (κ3) is 2.42. The minimum absolute atomic E-state index is 0.0235. The Bertz CT molecular complexity index is 511. The van der Waals surface area contributed by atoms with E-state index in [0.29, 0.717) is 5.02 Å². The van der Waals surface area contributed by atoms with Gasteiger partial charge >= 0.3 is 0 Å². The molecule has 0 bridgehead atoms. The van der Waals surface area contributed by atoms with Crippen molar-refractivity contribution in [1.82, 2.24) is 19.6 Å². The van der Waals surface area contributed by atoms with Gasteiger partial charge in [-0.2, -0.15) is 10.2 Å². The van der Waals surface area contributed by atoms with E-state index in [2.05, 4.69) is 17.1 Å². The Balaban J connectivity index is 2.42. The minimum atomic E-state index is -0.0325. The van der Waals surface area contributed by atoms with Gasteiger partial charge < -0.3 is 5.73 Å². The van der Waals surface area contributed by atoms with Gasteiger partial charge in [-0.25, -0.2) is 0 Å². The van der Waals surface area contributed by atoms with Gasteiger partial charge in [-0.1, -0.05) is 18.5 Å². The highest BCUT2D eigenvalue weighted by atomic mass is 35.5. The number of nitrogens with zero attached hydrogens (tertiary/aromatic N) is 4. The number of rotatable bonds is 4. The third-order valence-corrected chi connectivity index (χ3v) is 3.46. The predicted octanol–water partition coefficient (Wildman–Crippen LogP) is 1.91. The van der Waals surface area contributed by atoms with Crippen molar-refractivity contribution in [2.45, 2.75) is 32.4 Å². The molecule has 0 aromatic carbocycles. The van der Waals surface area contributed by atoms with Gasteiger partial charge in [0, 0.05) is 31.0 Å². The Labute approximate surface area is 112 Å². The maximum atomic E-state index is 6.21. The van der Waals surface area contributed by atoms with Crippen molar-refractivity contribution in [2.24, 2.45) is 12.8 Å². The maximum Gasteiger partial charge on any atom is 0.0950 e. The molecule has 2 aromatic heterocycles. The largest absolute Gasteiger partial charge is 0.326 e. The number of aromatic nitrogens is 4. The van der Waals surface area contributed by atoms with Gasteiger partial charge in [-0.05, 0) is 13.3 Å². The first kappa shape index (κ1) is 13.1. The van der Waals surface area contributed by atoms with Gasteiger partial charge in [0.2, 0.25) is 0 Å². The molecular formula is C12H18ClN5. The van der Waals surface area contributed by atoms with E-state index in [1.807, 2.05) is 37.2 Å². The second-order valence-electron chi connectivity index (χ2n) is 4.51. The molecule has 0 aliphatic rings. The van der Waals surface area contributed by atoms with Gasteiger partial charge in [0.15, 0.2) is 0 Å². The summed E-state index contributed by atoms with van der Waals surface area (Å²) in [5.74, 6) is 0. The molecule has 6 heteroatoms. The third-order valence-electron chi connectivity index (χ3n) is 3.09. The van der Waals surface area contributed by atoms with E-state index in [9.17, 15) is 0 Å². The van der Waals surface area contributed by atoms with E-state index in [-0.39, 0.29) is 12.1 Å². The summed E-state index contributed by atoms with van der Waals surface area (Å²) in [4.78, 5) is 0. The summed E-state index contributed by atoms with van der Waals surface area (Å²) in [5, 5.41) is 9.29. The lowest BCUT2D eigenvalue weighted by Gasteiger charge is -2.22. The van der Waals surface area contributed by atoms with E-state index in [1.54, 1.807) is 4.68 Å². The molecule has 0 aliphatic heterocycles. The molecular weight excluding hydrogens is 250 g/mol. The van der Waals surface area contributed by atoms with Crippen LogP contribution < -0.4 is 5.73 Å². The Morgan fingerprint density at radius 3 is 2.61 bits per heavy atom. The number of nitrogens with two attached hydrogens (primary N) is 1. The van der Waals surface area contributed by atoms with E-state index in [0.717, 1.165) is 17.7 Å². The van der Waals surface area contributed by atoms with Crippen molar-refractivity contribution in [3.63, 3.8) is 0 Å². The second-order valence-corrected chi connectivity index (χ2v) is 4.91. The summed E-state index contributed by atoms with van der Waals surface area (Å²) in [6, 6.07) is -0.0560. The molecule has 0 aliphatic carbocycles. The van der Waals surface area contributed by atoms with E-state index in [1.165, 1.54) is 0 Å². The van der Waals surface area contributed by atoms with Crippen molar-refractivity contribution < 1.29 is 0 Å². The SMILES string of the molecule is CCC(N)C(c1cnn(C)c1)n1cc(Cl)c(C)n1. The van der Waals surface area contributed by atoms with Crippen LogP contribution in [0.5, 0.6) is 0 Å². The lowest BCUT2D eigenvalue weighted by Crippen LogP contribution is -2.32. The molecule has 2 unspecified atom stereocenters. The number of halogens is 1. The fourth-order valence-corrected chi connectivity index (χ4v) is 2.15. The first-order chi connectivity index (χ1) is 8.52. The van der Waals surface area contributed by atoms with Crippen LogP contribution in [-0.2, 0) is 7.05 Å². The molecule has 98 valence electrons. The van der Waals surface area contributed by atoms with Gasteiger partial charge in [-0.15, -0.1) is 0 Å².